The molecule has 2 N–H and O–H groups in total. The second kappa shape index (κ2) is 6.42. The SMILES string of the molecule is Cc1c(Cl)cc(-n2nc3nc(C(C)C)cc(C(F)F)c3c2N)cc1Cl. The summed E-state index contributed by atoms with van der Waals surface area (Å²) in [5.41, 5.74) is 7.85. The van der Waals surface area contributed by atoms with E-state index in [1.54, 1.807) is 19.1 Å². The van der Waals surface area contributed by atoms with E-state index in [2.05, 4.69) is 10.1 Å². The van der Waals surface area contributed by atoms with Crippen molar-refractivity contribution in [1.29, 1.82) is 0 Å². The first-order valence-corrected chi connectivity index (χ1v) is 8.39. The molecular formula is C17H16Cl2F2N4. The lowest BCUT2D eigenvalue weighted by Gasteiger charge is -2.09. The monoisotopic (exact) mass is 384 g/mol. The lowest BCUT2D eigenvalue weighted by atomic mass is 10.1. The fourth-order valence-electron chi connectivity index (χ4n) is 2.58. The van der Waals surface area contributed by atoms with E-state index in [0.29, 0.717) is 21.4 Å². The molecule has 3 aromatic rings. The van der Waals surface area contributed by atoms with Gasteiger partial charge in [-0.2, -0.15) is 0 Å². The average Bonchev–Trinajstić information content (AvgIpc) is 2.88. The van der Waals surface area contributed by atoms with Gasteiger partial charge in [0.25, 0.3) is 6.43 Å². The Kier molecular flexibility index (Phi) is 4.60. The number of nitrogens with two attached hydrogens (primary N) is 1. The Labute approximate surface area is 153 Å². The minimum atomic E-state index is -2.69. The van der Waals surface area contributed by atoms with E-state index in [1.165, 1.54) is 10.7 Å². The highest BCUT2D eigenvalue weighted by Gasteiger charge is 2.22. The van der Waals surface area contributed by atoms with Gasteiger partial charge < -0.3 is 5.73 Å². The molecule has 0 amide bonds. The van der Waals surface area contributed by atoms with Crippen LogP contribution in [0.1, 0.15) is 43.0 Å². The number of anilines is 1. The molecule has 8 heteroatoms. The number of nitrogen functional groups attached to an aromatic ring is 1. The van der Waals surface area contributed by atoms with E-state index in [0.717, 1.165) is 5.56 Å². The van der Waals surface area contributed by atoms with E-state index < -0.39 is 6.43 Å². The summed E-state index contributed by atoms with van der Waals surface area (Å²) in [6, 6.07) is 4.65. The third-order valence-electron chi connectivity index (χ3n) is 4.07. The molecule has 1 aromatic carbocycles. The molecule has 0 aliphatic rings. The molecule has 0 saturated carbocycles. The largest absolute Gasteiger partial charge is 0.383 e. The zero-order chi connectivity index (χ0) is 18.5. The van der Waals surface area contributed by atoms with Crippen LogP contribution in [-0.4, -0.2) is 14.8 Å². The van der Waals surface area contributed by atoms with Crippen molar-refractivity contribution < 1.29 is 8.78 Å². The van der Waals surface area contributed by atoms with Gasteiger partial charge in [0.15, 0.2) is 5.65 Å². The van der Waals surface area contributed by atoms with Crippen molar-refractivity contribution in [1.82, 2.24) is 14.8 Å². The first-order chi connectivity index (χ1) is 11.7. The van der Waals surface area contributed by atoms with Crippen LogP contribution in [0.5, 0.6) is 0 Å². The summed E-state index contributed by atoms with van der Waals surface area (Å²) >= 11 is 12.3. The fraction of sp³-hybridized carbons (Fsp3) is 0.294. The summed E-state index contributed by atoms with van der Waals surface area (Å²) in [4.78, 5) is 4.38. The lowest BCUT2D eigenvalue weighted by molar-refractivity contribution is 0.153. The molecule has 0 spiro atoms. The first-order valence-electron chi connectivity index (χ1n) is 7.64. The van der Waals surface area contributed by atoms with Crippen LogP contribution >= 0.6 is 23.2 Å². The van der Waals surface area contributed by atoms with Crippen molar-refractivity contribution in [3.05, 3.63) is 45.1 Å². The van der Waals surface area contributed by atoms with Gasteiger partial charge in [0.1, 0.15) is 5.82 Å². The highest BCUT2D eigenvalue weighted by molar-refractivity contribution is 6.36. The van der Waals surface area contributed by atoms with E-state index in [-0.39, 0.29) is 28.3 Å². The summed E-state index contributed by atoms with van der Waals surface area (Å²) in [5.74, 6) is 0.0561. The topological polar surface area (TPSA) is 56.7 Å². The molecule has 0 aliphatic heterocycles. The highest BCUT2D eigenvalue weighted by Crippen LogP contribution is 2.35. The Bertz CT molecular complexity index is 944. The first kappa shape index (κ1) is 17.9. The van der Waals surface area contributed by atoms with Crippen LogP contribution in [-0.2, 0) is 0 Å². The molecule has 3 rings (SSSR count). The second-order valence-corrected chi connectivity index (χ2v) is 6.94. The maximum Gasteiger partial charge on any atom is 0.264 e. The van der Waals surface area contributed by atoms with Crippen LogP contribution in [0.15, 0.2) is 18.2 Å². The third kappa shape index (κ3) is 3.04. The number of nitrogens with zero attached hydrogens (tertiary/aromatic N) is 3. The number of fused-ring (bicyclic) bond motifs is 1. The van der Waals surface area contributed by atoms with E-state index in [1.807, 2.05) is 13.8 Å². The van der Waals surface area contributed by atoms with Crippen molar-refractivity contribution >= 4 is 40.1 Å². The Morgan fingerprint density at radius 1 is 1.12 bits per heavy atom. The minimum Gasteiger partial charge on any atom is -0.383 e. The van der Waals surface area contributed by atoms with Crippen molar-refractivity contribution in [2.75, 3.05) is 5.73 Å². The molecule has 132 valence electrons. The predicted molar refractivity (Wildman–Crippen MR) is 97.1 cm³/mol. The summed E-state index contributed by atoms with van der Waals surface area (Å²) in [6.07, 6.45) is -2.69. The number of pyridine rings is 1. The van der Waals surface area contributed by atoms with Crippen LogP contribution in [0.2, 0.25) is 10.0 Å². The smallest absolute Gasteiger partial charge is 0.264 e. The summed E-state index contributed by atoms with van der Waals surface area (Å²) in [7, 11) is 0. The molecular weight excluding hydrogens is 369 g/mol. The van der Waals surface area contributed by atoms with E-state index >= 15 is 0 Å². The number of alkyl halides is 2. The fourth-order valence-corrected chi connectivity index (χ4v) is 3.05. The Morgan fingerprint density at radius 3 is 2.24 bits per heavy atom. The van der Waals surface area contributed by atoms with Gasteiger partial charge in [-0.15, -0.1) is 5.10 Å². The zero-order valence-electron chi connectivity index (χ0n) is 13.8. The summed E-state index contributed by atoms with van der Waals surface area (Å²) < 4.78 is 28.4. The molecule has 0 atom stereocenters. The van der Waals surface area contributed by atoms with Gasteiger partial charge in [0.05, 0.1) is 11.1 Å². The maximum atomic E-state index is 13.6. The van der Waals surface area contributed by atoms with Crippen LogP contribution in [0.25, 0.3) is 16.7 Å². The third-order valence-corrected chi connectivity index (χ3v) is 4.85. The Hall–Kier alpha value is -1.92. The molecule has 0 aliphatic carbocycles. The second-order valence-electron chi connectivity index (χ2n) is 6.12. The van der Waals surface area contributed by atoms with Gasteiger partial charge in [-0.25, -0.2) is 18.4 Å². The molecule has 4 nitrogen and oxygen atoms in total. The van der Waals surface area contributed by atoms with Gasteiger partial charge >= 0.3 is 0 Å². The quantitative estimate of drug-likeness (QED) is 0.631. The molecule has 0 fully saturated rings. The van der Waals surface area contributed by atoms with Gasteiger partial charge in [0.2, 0.25) is 0 Å². The molecule has 0 bridgehead atoms. The summed E-state index contributed by atoms with van der Waals surface area (Å²) in [6.45, 7) is 5.54. The number of hydrogen-bond donors (Lipinski definition) is 1. The standard InChI is InChI=1S/C17H16Cl2F2N4/c1-7(2)13-6-10(15(20)21)14-16(22)25(24-17(14)23-13)9-4-11(18)8(3)12(19)5-9/h4-7,15H,22H2,1-3H3. The van der Waals surface area contributed by atoms with E-state index in [4.69, 9.17) is 28.9 Å². The van der Waals surface area contributed by atoms with Crippen molar-refractivity contribution in [2.45, 2.75) is 33.1 Å². The molecule has 2 heterocycles. The maximum absolute atomic E-state index is 13.6. The number of aromatic nitrogens is 3. The highest BCUT2D eigenvalue weighted by atomic mass is 35.5. The number of rotatable bonds is 3. The van der Waals surface area contributed by atoms with Gasteiger partial charge in [-0.3, -0.25) is 0 Å². The van der Waals surface area contributed by atoms with Crippen molar-refractivity contribution in [3.63, 3.8) is 0 Å². The average molecular weight is 385 g/mol. The lowest BCUT2D eigenvalue weighted by Crippen LogP contribution is -2.02. The van der Waals surface area contributed by atoms with Gasteiger partial charge in [0, 0.05) is 21.3 Å². The van der Waals surface area contributed by atoms with Gasteiger partial charge in [-0.1, -0.05) is 37.0 Å². The molecule has 2 aromatic heterocycles. The van der Waals surface area contributed by atoms with Crippen molar-refractivity contribution in [3.8, 4) is 5.69 Å². The van der Waals surface area contributed by atoms with Crippen LogP contribution < -0.4 is 5.73 Å². The number of hydrogen-bond acceptors (Lipinski definition) is 3. The van der Waals surface area contributed by atoms with Crippen LogP contribution in [0, 0.1) is 6.92 Å². The molecule has 0 unspecified atom stereocenters. The molecule has 0 saturated heterocycles. The number of benzene rings is 1. The number of halogens is 4. The molecule has 0 radical (unpaired) electrons. The van der Waals surface area contributed by atoms with Gasteiger partial charge in [-0.05, 0) is 36.6 Å². The predicted octanol–water partition coefficient (Wildman–Crippen LogP) is 5.68. The summed E-state index contributed by atoms with van der Waals surface area (Å²) in [5, 5.41) is 5.33. The van der Waals surface area contributed by atoms with Crippen LogP contribution in [0.4, 0.5) is 14.6 Å². The molecule has 25 heavy (non-hydrogen) atoms. The van der Waals surface area contributed by atoms with E-state index in [9.17, 15) is 8.78 Å². The Morgan fingerprint density at radius 2 is 1.72 bits per heavy atom. The Balaban J connectivity index is 2.32. The minimum absolute atomic E-state index is 0.0171. The zero-order valence-corrected chi connectivity index (χ0v) is 15.3. The van der Waals surface area contributed by atoms with Crippen molar-refractivity contribution in [2.24, 2.45) is 0 Å². The van der Waals surface area contributed by atoms with Crippen LogP contribution in [0.3, 0.4) is 0 Å². The normalized spacial score (nSPS) is 11.9.